The predicted octanol–water partition coefficient (Wildman–Crippen LogP) is 3.85. The van der Waals surface area contributed by atoms with Crippen molar-refractivity contribution < 1.29 is 4.79 Å². The van der Waals surface area contributed by atoms with E-state index in [0.29, 0.717) is 11.7 Å². The first kappa shape index (κ1) is 15.2. The van der Waals surface area contributed by atoms with Crippen LogP contribution < -0.4 is 5.43 Å². The largest absolute Gasteiger partial charge is 0.272 e. The third-order valence-electron chi connectivity index (χ3n) is 3.39. The van der Waals surface area contributed by atoms with Crippen molar-refractivity contribution in [1.82, 2.24) is 10.4 Å². The molecule has 22 heavy (non-hydrogen) atoms. The number of hydrazone groups is 1. The fourth-order valence-electron chi connectivity index (χ4n) is 2.24. The summed E-state index contributed by atoms with van der Waals surface area (Å²) in [5.74, 6) is 0.691. The number of thioether (sulfide) groups is 1. The first-order valence-electron chi connectivity index (χ1n) is 7.26. The van der Waals surface area contributed by atoms with Crippen LogP contribution in [0.25, 0.3) is 10.2 Å². The molecule has 1 amide bonds. The molecule has 0 saturated carbocycles. The molecule has 6 heteroatoms. The molecule has 3 rings (SSSR count). The van der Waals surface area contributed by atoms with Crippen molar-refractivity contribution >= 4 is 45.4 Å². The summed E-state index contributed by atoms with van der Waals surface area (Å²) in [7, 11) is 0. The number of amides is 1. The van der Waals surface area contributed by atoms with Gasteiger partial charge >= 0.3 is 0 Å². The van der Waals surface area contributed by atoms with Crippen molar-refractivity contribution in [2.24, 2.45) is 11.0 Å². The van der Waals surface area contributed by atoms with Crippen molar-refractivity contribution in [2.75, 3.05) is 5.75 Å². The zero-order chi connectivity index (χ0) is 15.2. The quantitative estimate of drug-likeness (QED) is 0.392. The van der Waals surface area contributed by atoms with Crippen LogP contribution in [0.2, 0.25) is 0 Å². The molecular formula is C16H17N3OS2. The van der Waals surface area contributed by atoms with Crippen molar-refractivity contribution in [1.29, 1.82) is 0 Å². The highest BCUT2D eigenvalue weighted by Gasteiger charge is 2.08. The second-order valence-corrected chi connectivity index (χ2v) is 7.35. The molecule has 1 atom stereocenters. The van der Waals surface area contributed by atoms with E-state index in [1.54, 1.807) is 11.3 Å². The first-order chi connectivity index (χ1) is 10.8. The summed E-state index contributed by atoms with van der Waals surface area (Å²) >= 11 is 3.06. The zero-order valence-corrected chi connectivity index (χ0v) is 13.7. The molecule has 1 aliphatic carbocycles. The van der Waals surface area contributed by atoms with Gasteiger partial charge in [-0.15, -0.1) is 11.3 Å². The fourth-order valence-corrected chi connectivity index (χ4v) is 4.10. The number of nitrogens with one attached hydrogen (secondary N) is 1. The number of carbonyl (C=O) groups excluding carboxylic acids is 1. The smallest absolute Gasteiger partial charge is 0.250 e. The number of nitrogens with zero attached hydrogens (tertiary/aromatic N) is 2. The van der Waals surface area contributed by atoms with Crippen molar-refractivity contribution in [2.45, 2.75) is 23.6 Å². The Labute approximate surface area is 137 Å². The molecule has 4 nitrogen and oxygen atoms in total. The number of hydrogen-bond acceptors (Lipinski definition) is 5. The molecular weight excluding hydrogens is 314 g/mol. The van der Waals surface area contributed by atoms with E-state index in [0.717, 1.165) is 33.8 Å². The number of allylic oxidation sites excluding steroid dienone is 2. The molecule has 1 heterocycles. The monoisotopic (exact) mass is 331 g/mol. The number of rotatable bonds is 5. The summed E-state index contributed by atoms with van der Waals surface area (Å²) < 4.78 is 2.06. The predicted molar refractivity (Wildman–Crippen MR) is 93.5 cm³/mol. The Morgan fingerprint density at radius 3 is 3.18 bits per heavy atom. The SMILES string of the molecule is O=C(CSc1nc2ccccc2s1)N/N=C/C1CC=CCC1. The van der Waals surface area contributed by atoms with Gasteiger partial charge in [0.1, 0.15) is 0 Å². The van der Waals surface area contributed by atoms with Crippen LogP contribution in [0, 0.1) is 5.92 Å². The van der Waals surface area contributed by atoms with E-state index < -0.39 is 0 Å². The minimum Gasteiger partial charge on any atom is -0.272 e. The number of para-hydroxylation sites is 1. The van der Waals surface area contributed by atoms with Gasteiger partial charge in [-0.1, -0.05) is 36.0 Å². The molecule has 0 radical (unpaired) electrons. The van der Waals surface area contributed by atoms with Gasteiger partial charge in [-0.05, 0) is 37.3 Å². The minimum absolute atomic E-state index is 0.0909. The van der Waals surface area contributed by atoms with Crippen molar-refractivity contribution in [3.8, 4) is 0 Å². The van der Waals surface area contributed by atoms with Crippen LogP contribution in [-0.4, -0.2) is 22.9 Å². The lowest BCUT2D eigenvalue weighted by molar-refractivity contribution is -0.118. The van der Waals surface area contributed by atoms with Gasteiger partial charge in [0.2, 0.25) is 5.91 Å². The highest BCUT2D eigenvalue weighted by Crippen LogP contribution is 2.28. The average molecular weight is 331 g/mol. The highest BCUT2D eigenvalue weighted by molar-refractivity contribution is 8.01. The molecule has 0 fully saturated rings. The van der Waals surface area contributed by atoms with Crippen LogP contribution in [0.1, 0.15) is 19.3 Å². The standard InChI is InChI=1S/C16H17N3OS2/c20-15(19-17-10-12-6-2-1-3-7-12)11-21-16-18-13-8-4-5-9-14(13)22-16/h1-2,4-5,8-10,12H,3,6-7,11H2,(H,19,20)/b17-10+. The Morgan fingerprint density at radius 2 is 2.36 bits per heavy atom. The zero-order valence-electron chi connectivity index (χ0n) is 12.1. The Kier molecular flexibility index (Phi) is 5.24. The topological polar surface area (TPSA) is 54.4 Å². The fraction of sp³-hybridized carbons (Fsp3) is 0.312. The van der Waals surface area contributed by atoms with Gasteiger partial charge < -0.3 is 0 Å². The summed E-state index contributed by atoms with van der Waals surface area (Å²) in [5.41, 5.74) is 3.58. The van der Waals surface area contributed by atoms with Crippen molar-refractivity contribution in [3.05, 3.63) is 36.4 Å². The van der Waals surface area contributed by atoms with Gasteiger partial charge in [-0.2, -0.15) is 5.10 Å². The molecule has 1 aromatic heterocycles. The van der Waals surface area contributed by atoms with Crippen LogP contribution in [0.5, 0.6) is 0 Å². The van der Waals surface area contributed by atoms with Crippen LogP contribution in [-0.2, 0) is 4.79 Å². The van der Waals surface area contributed by atoms with E-state index in [4.69, 9.17) is 0 Å². The van der Waals surface area contributed by atoms with Crippen LogP contribution in [0.4, 0.5) is 0 Å². The van der Waals surface area contributed by atoms with Crippen LogP contribution in [0.3, 0.4) is 0 Å². The van der Waals surface area contributed by atoms with Crippen LogP contribution >= 0.6 is 23.1 Å². The molecule has 1 unspecified atom stereocenters. The van der Waals surface area contributed by atoms with E-state index >= 15 is 0 Å². The first-order valence-corrected chi connectivity index (χ1v) is 9.07. The maximum atomic E-state index is 11.8. The maximum absolute atomic E-state index is 11.8. The lowest BCUT2D eigenvalue weighted by Crippen LogP contribution is -2.20. The minimum atomic E-state index is -0.0909. The highest BCUT2D eigenvalue weighted by atomic mass is 32.2. The second-order valence-electron chi connectivity index (χ2n) is 5.09. The number of benzene rings is 1. The van der Waals surface area contributed by atoms with E-state index in [9.17, 15) is 4.79 Å². The molecule has 1 aliphatic rings. The van der Waals surface area contributed by atoms with Gasteiger partial charge in [0.15, 0.2) is 4.34 Å². The molecule has 1 aromatic carbocycles. The molecule has 1 N–H and O–H groups in total. The van der Waals surface area contributed by atoms with E-state index in [2.05, 4.69) is 27.7 Å². The van der Waals surface area contributed by atoms with Crippen LogP contribution in [0.15, 0.2) is 45.9 Å². The lowest BCUT2D eigenvalue weighted by atomic mass is 9.96. The second kappa shape index (κ2) is 7.56. The summed E-state index contributed by atoms with van der Waals surface area (Å²) in [6.07, 6.45) is 9.43. The molecule has 0 aliphatic heterocycles. The van der Waals surface area contributed by atoms with Crippen molar-refractivity contribution in [3.63, 3.8) is 0 Å². The van der Waals surface area contributed by atoms with E-state index in [-0.39, 0.29) is 5.91 Å². The molecule has 0 bridgehead atoms. The Morgan fingerprint density at radius 1 is 1.45 bits per heavy atom. The summed E-state index contributed by atoms with van der Waals surface area (Å²) in [4.78, 5) is 16.3. The number of thiazole rings is 1. The molecule has 0 saturated heterocycles. The summed E-state index contributed by atoms with van der Waals surface area (Å²) in [5, 5.41) is 4.06. The molecule has 0 spiro atoms. The van der Waals surface area contributed by atoms with Gasteiger partial charge in [0.05, 0.1) is 16.0 Å². The maximum Gasteiger partial charge on any atom is 0.250 e. The Balaban J connectivity index is 1.45. The van der Waals surface area contributed by atoms with Gasteiger partial charge in [0, 0.05) is 6.21 Å². The van der Waals surface area contributed by atoms with Gasteiger partial charge in [-0.3, -0.25) is 4.79 Å². The molecule has 114 valence electrons. The summed E-state index contributed by atoms with van der Waals surface area (Å²) in [6, 6.07) is 7.99. The normalized spacial score (nSPS) is 18.1. The Hall–Kier alpha value is -1.66. The third-order valence-corrected chi connectivity index (χ3v) is 5.56. The Bertz CT molecular complexity index is 675. The van der Waals surface area contributed by atoms with Gasteiger partial charge in [-0.25, -0.2) is 10.4 Å². The molecule has 2 aromatic rings. The number of fused-ring (bicyclic) bond motifs is 1. The summed E-state index contributed by atoms with van der Waals surface area (Å²) in [6.45, 7) is 0. The third kappa shape index (κ3) is 4.18. The van der Waals surface area contributed by atoms with E-state index in [1.807, 2.05) is 30.5 Å². The van der Waals surface area contributed by atoms with Gasteiger partial charge in [0.25, 0.3) is 0 Å². The average Bonchev–Trinajstić information content (AvgIpc) is 2.97. The van der Waals surface area contributed by atoms with E-state index in [1.165, 1.54) is 11.8 Å². The number of hydrogen-bond donors (Lipinski definition) is 1. The number of aromatic nitrogens is 1. The number of carbonyl (C=O) groups is 1. The lowest BCUT2D eigenvalue weighted by Gasteiger charge is -2.11.